The van der Waals surface area contributed by atoms with Crippen LogP contribution < -0.4 is 0 Å². The molecule has 1 unspecified atom stereocenters. The standard InChI is InChI=1S/C17H20N2O3/c1-12-10-15(18-22-12)16-4-3-9-19(16)11-13-5-7-14(8-6-13)17(20)21-2/h5-8,10,16H,3-4,9,11H2,1-2H3. The van der Waals surface area contributed by atoms with E-state index in [1.165, 1.54) is 12.7 Å². The molecule has 116 valence electrons. The van der Waals surface area contributed by atoms with Gasteiger partial charge in [0.1, 0.15) is 11.5 Å². The monoisotopic (exact) mass is 300 g/mol. The number of hydrogen-bond acceptors (Lipinski definition) is 5. The number of aryl methyl sites for hydroxylation is 1. The summed E-state index contributed by atoms with van der Waals surface area (Å²) in [4.78, 5) is 13.9. The molecule has 0 spiro atoms. The van der Waals surface area contributed by atoms with Crippen LogP contribution in [0.4, 0.5) is 0 Å². The number of rotatable bonds is 4. The third-order valence-electron chi connectivity index (χ3n) is 4.11. The normalized spacial score (nSPS) is 18.5. The van der Waals surface area contributed by atoms with E-state index in [2.05, 4.69) is 10.1 Å². The fourth-order valence-electron chi connectivity index (χ4n) is 2.99. The number of esters is 1. The van der Waals surface area contributed by atoms with E-state index in [-0.39, 0.29) is 5.97 Å². The summed E-state index contributed by atoms with van der Waals surface area (Å²) in [7, 11) is 1.39. The average Bonchev–Trinajstić information content (AvgIpc) is 3.16. The molecular formula is C17H20N2O3. The zero-order valence-electron chi connectivity index (χ0n) is 12.9. The lowest BCUT2D eigenvalue weighted by Crippen LogP contribution is -2.23. The quantitative estimate of drug-likeness (QED) is 0.812. The van der Waals surface area contributed by atoms with Crippen LogP contribution in [0.25, 0.3) is 0 Å². The Kier molecular flexibility index (Phi) is 4.24. The van der Waals surface area contributed by atoms with Gasteiger partial charge in [-0.05, 0) is 44.0 Å². The topological polar surface area (TPSA) is 55.6 Å². The van der Waals surface area contributed by atoms with E-state index in [9.17, 15) is 4.79 Å². The van der Waals surface area contributed by atoms with E-state index in [0.717, 1.165) is 37.4 Å². The summed E-state index contributed by atoms with van der Waals surface area (Å²) in [5, 5.41) is 4.16. The molecule has 1 aliphatic rings. The summed E-state index contributed by atoms with van der Waals surface area (Å²) >= 11 is 0. The van der Waals surface area contributed by atoms with E-state index in [0.29, 0.717) is 11.6 Å². The SMILES string of the molecule is COC(=O)c1ccc(CN2CCCC2c2cc(C)on2)cc1. The number of methoxy groups -OCH3 is 1. The van der Waals surface area contributed by atoms with Crippen molar-refractivity contribution in [3.05, 3.63) is 52.9 Å². The average molecular weight is 300 g/mol. The van der Waals surface area contributed by atoms with Crippen molar-refractivity contribution in [1.29, 1.82) is 0 Å². The Balaban J connectivity index is 1.70. The van der Waals surface area contributed by atoms with Crippen molar-refractivity contribution in [2.45, 2.75) is 32.4 Å². The largest absolute Gasteiger partial charge is 0.465 e. The van der Waals surface area contributed by atoms with E-state index in [1.54, 1.807) is 0 Å². The number of likely N-dealkylation sites (tertiary alicyclic amines) is 1. The highest BCUT2D eigenvalue weighted by molar-refractivity contribution is 5.89. The van der Waals surface area contributed by atoms with E-state index in [1.807, 2.05) is 37.3 Å². The van der Waals surface area contributed by atoms with Gasteiger partial charge < -0.3 is 9.26 Å². The summed E-state index contributed by atoms with van der Waals surface area (Å²) in [5.41, 5.74) is 2.78. The molecule has 1 aliphatic heterocycles. The second kappa shape index (κ2) is 6.32. The number of ether oxygens (including phenoxy) is 1. The van der Waals surface area contributed by atoms with Gasteiger partial charge in [0, 0.05) is 12.6 Å². The molecule has 5 nitrogen and oxygen atoms in total. The van der Waals surface area contributed by atoms with Crippen molar-refractivity contribution in [2.75, 3.05) is 13.7 Å². The third-order valence-corrected chi connectivity index (χ3v) is 4.11. The Bertz CT molecular complexity index is 648. The van der Waals surface area contributed by atoms with Crippen molar-refractivity contribution in [3.63, 3.8) is 0 Å². The molecule has 0 aliphatic carbocycles. The highest BCUT2D eigenvalue weighted by Gasteiger charge is 2.28. The lowest BCUT2D eigenvalue weighted by atomic mass is 10.1. The van der Waals surface area contributed by atoms with Crippen molar-refractivity contribution >= 4 is 5.97 Å². The first-order chi connectivity index (χ1) is 10.7. The van der Waals surface area contributed by atoms with Gasteiger partial charge in [-0.3, -0.25) is 4.90 Å². The van der Waals surface area contributed by atoms with Crippen LogP contribution in [0, 0.1) is 6.92 Å². The minimum absolute atomic E-state index is 0.302. The first kappa shape index (κ1) is 14.8. The van der Waals surface area contributed by atoms with Gasteiger partial charge in [-0.25, -0.2) is 4.79 Å². The molecule has 22 heavy (non-hydrogen) atoms. The van der Waals surface area contributed by atoms with Gasteiger partial charge in [0.15, 0.2) is 0 Å². The number of aromatic nitrogens is 1. The van der Waals surface area contributed by atoms with Crippen LogP contribution in [0.2, 0.25) is 0 Å². The minimum Gasteiger partial charge on any atom is -0.465 e. The first-order valence-corrected chi connectivity index (χ1v) is 7.52. The van der Waals surface area contributed by atoms with Crippen LogP contribution in [0.5, 0.6) is 0 Å². The molecule has 0 N–H and O–H groups in total. The summed E-state index contributed by atoms with van der Waals surface area (Å²) in [5.74, 6) is 0.549. The second-order valence-electron chi connectivity index (χ2n) is 5.68. The molecule has 0 bridgehead atoms. The van der Waals surface area contributed by atoms with Crippen LogP contribution >= 0.6 is 0 Å². The van der Waals surface area contributed by atoms with Gasteiger partial charge in [0.05, 0.1) is 18.7 Å². The third kappa shape index (κ3) is 3.04. The summed E-state index contributed by atoms with van der Waals surface area (Å²) in [6, 6.07) is 9.92. The lowest BCUT2D eigenvalue weighted by Gasteiger charge is -2.22. The van der Waals surface area contributed by atoms with Gasteiger partial charge in [-0.1, -0.05) is 17.3 Å². The van der Waals surface area contributed by atoms with Crippen LogP contribution in [0.3, 0.4) is 0 Å². The zero-order valence-corrected chi connectivity index (χ0v) is 12.9. The molecule has 1 aromatic heterocycles. The zero-order chi connectivity index (χ0) is 15.5. The fraction of sp³-hybridized carbons (Fsp3) is 0.412. The summed E-state index contributed by atoms with van der Waals surface area (Å²) in [6.45, 7) is 3.81. The summed E-state index contributed by atoms with van der Waals surface area (Å²) < 4.78 is 9.92. The Hall–Kier alpha value is -2.14. The molecular weight excluding hydrogens is 280 g/mol. The summed E-state index contributed by atoms with van der Waals surface area (Å²) in [6.07, 6.45) is 2.27. The minimum atomic E-state index is -0.302. The molecule has 2 heterocycles. The van der Waals surface area contributed by atoms with Crippen LogP contribution in [0.1, 0.15) is 46.3 Å². The molecule has 2 aromatic rings. The number of nitrogens with zero attached hydrogens (tertiary/aromatic N) is 2. The number of hydrogen-bond donors (Lipinski definition) is 0. The second-order valence-corrected chi connectivity index (χ2v) is 5.68. The molecule has 0 saturated carbocycles. The first-order valence-electron chi connectivity index (χ1n) is 7.52. The van der Waals surface area contributed by atoms with Gasteiger partial charge in [0.25, 0.3) is 0 Å². The fourth-order valence-corrected chi connectivity index (χ4v) is 2.99. The van der Waals surface area contributed by atoms with E-state index >= 15 is 0 Å². The molecule has 1 saturated heterocycles. The van der Waals surface area contributed by atoms with E-state index < -0.39 is 0 Å². The highest BCUT2D eigenvalue weighted by Crippen LogP contribution is 2.32. The van der Waals surface area contributed by atoms with Gasteiger partial charge >= 0.3 is 5.97 Å². The van der Waals surface area contributed by atoms with Crippen LogP contribution in [-0.2, 0) is 11.3 Å². The lowest BCUT2D eigenvalue weighted by molar-refractivity contribution is 0.0600. The van der Waals surface area contributed by atoms with Gasteiger partial charge in [-0.2, -0.15) is 0 Å². The molecule has 5 heteroatoms. The highest BCUT2D eigenvalue weighted by atomic mass is 16.5. The Labute approximate surface area is 129 Å². The van der Waals surface area contributed by atoms with Crippen molar-refractivity contribution in [1.82, 2.24) is 10.1 Å². The molecule has 3 rings (SSSR count). The van der Waals surface area contributed by atoms with Crippen molar-refractivity contribution in [3.8, 4) is 0 Å². The Morgan fingerprint density at radius 1 is 1.41 bits per heavy atom. The smallest absolute Gasteiger partial charge is 0.337 e. The molecule has 0 amide bonds. The number of carbonyl (C=O) groups excluding carboxylic acids is 1. The predicted octanol–water partition coefficient (Wildman–Crippen LogP) is 3.11. The van der Waals surface area contributed by atoms with E-state index in [4.69, 9.17) is 9.26 Å². The maximum Gasteiger partial charge on any atom is 0.337 e. The predicted molar refractivity (Wildman–Crippen MR) is 81.4 cm³/mol. The molecule has 1 atom stereocenters. The maximum atomic E-state index is 11.5. The van der Waals surface area contributed by atoms with Gasteiger partial charge in [-0.15, -0.1) is 0 Å². The van der Waals surface area contributed by atoms with Crippen LogP contribution in [0.15, 0.2) is 34.9 Å². The van der Waals surface area contributed by atoms with Crippen molar-refractivity contribution < 1.29 is 14.1 Å². The van der Waals surface area contributed by atoms with Gasteiger partial charge in [0.2, 0.25) is 0 Å². The number of benzene rings is 1. The maximum absolute atomic E-state index is 11.5. The van der Waals surface area contributed by atoms with Crippen molar-refractivity contribution in [2.24, 2.45) is 0 Å². The Morgan fingerprint density at radius 3 is 2.82 bits per heavy atom. The Morgan fingerprint density at radius 2 is 2.18 bits per heavy atom. The van der Waals surface area contributed by atoms with Crippen LogP contribution in [-0.4, -0.2) is 29.7 Å². The molecule has 1 aromatic carbocycles. The molecule has 0 radical (unpaired) electrons. The number of carbonyl (C=O) groups is 1. The molecule has 1 fully saturated rings.